The minimum atomic E-state index is 0.757. The van der Waals surface area contributed by atoms with Crippen LogP contribution < -0.4 is 11.1 Å². The number of hydrogen-bond donors (Lipinski definition) is 2. The molecule has 2 aliphatic carbocycles. The lowest BCUT2D eigenvalue weighted by Gasteiger charge is -2.33. The molecule has 0 radical (unpaired) electrons. The topological polar surface area (TPSA) is 38.0 Å². The lowest BCUT2D eigenvalue weighted by Crippen LogP contribution is -2.17. The molecule has 0 atom stereocenters. The molecule has 2 aromatic carbocycles. The van der Waals surface area contributed by atoms with Gasteiger partial charge in [0, 0.05) is 17.9 Å². The number of hydrogen-bond acceptors (Lipinski definition) is 2. The van der Waals surface area contributed by atoms with E-state index in [0.717, 1.165) is 30.0 Å². The van der Waals surface area contributed by atoms with Crippen LogP contribution in [0, 0.1) is 5.92 Å². The van der Waals surface area contributed by atoms with E-state index >= 15 is 0 Å². The van der Waals surface area contributed by atoms with Crippen molar-refractivity contribution in [2.45, 2.75) is 109 Å². The highest BCUT2D eigenvalue weighted by molar-refractivity contribution is 5.52. The van der Waals surface area contributed by atoms with Crippen LogP contribution in [0.2, 0.25) is 0 Å². The van der Waals surface area contributed by atoms with Gasteiger partial charge in [-0.25, -0.2) is 0 Å². The van der Waals surface area contributed by atoms with Crippen molar-refractivity contribution >= 4 is 11.4 Å². The molecule has 0 unspecified atom stereocenters. The van der Waals surface area contributed by atoms with Gasteiger partial charge in [0.2, 0.25) is 0 Å². The first-order chi connectivity index (χ1) is 15.7. The molecule has 174 valence electrons. The average Bonchev–Trinajstić information content (AvgIpc) is 2.85. The van der Waals surface area contributed by atoms with Gasteiger partial charge in [0.05, 0.1) is 0 Å². The number of nitrogens with one attached hydrogen (secondary N) is 1. The quantitative estimate of drug-likeness (QED) is 0.307. The van der Waals surface area contributed by atoms with Gasteiger partial charge in [0.25, 0.3) is 0 Å². The van der Waals surface area contributed by atoms with E-state index in [4.69, 9.17) is 5.73 Å². The summed E-state index contributed by atoms with van der Waals surface area (Å²) in [6.07, 6.45) is 18.3. The molecular formula is C30H44N2. The first-order valence-electron chi connectivity index (χ1n) is 13.4. The molecule has 2 saturated carbocycles. The minimum Gasteiger partial charge on any atom is -0.399 e. The van der Waals surface area contributed by atoms with E-state index in [-0.39, 0.29) is 0 Å². The molecule has 0 saturated heterocycles. The Labute approximate surface area is 196 Å². The van der Waals surface area contributed by atoms with Gasteiger partial charge in [0.15, 0.2) is 0 Å². The first kappa shape index (κ1) is 23.2. The first-order valence-corrected chi connectivity index (χ1v) is 13.4. The molecule has 0 amide bonds. The van der Waals surface area contributed by atoms with E-state index in [1.807, 2.05) is 12.1 Å². The van der Waals surface area contributed by atoms with E-state index in [9.17, 15) is 0 Å². The second kappa shape index (κ2) is 11.8. The maximum absolute atomic E-state index is 5.85. The van der Waals surface area contributed by atoms with E-state index in [1.54, 1.807) is 11.1 Å². The van der Waals surface area contributed by atoms with Crippen molar-refractivity contribution in [1.82, 2.24) is 0 Å². The fourth-order valence-electron chi connectivity index (χ4n) is 6.11. The van der Waals surface area contributed by atoms with E-state index in [2.05, 4.69) is 42.6 Å². The summed E-state index contributed by atoms with van der Waals surface area (Å²) >= 11 is 0. The van der Waals surface area contributed by atoms with Crippen LogP contribution in [0.3, 0.4) is 0 Å². The van der Waals surface area contributed by atoms with Gasteiger partial charge in [-0.05, 0) is 97.2 Å². The monoisotopic (exact) mass is 432 g/mol. The molecule has 2 fully saturated rings. The third-order valence-corrected chi connectivity index (χ3v) is 8.11. The SMILES string of the molecule is CCCCCC1CCC(c2cc(NCc3ccc(N)cc3)ccc2C2CCCCC2)CC1. The third-order valence-electron chi connectivity index (χ3n) is 8.11. The molecule has 32 heavy (non-hydrogen) atoms. The maximum atomic E-state index is 5.85. The van der Waals surface area contributed by atoms with Gasteiger partial charge >= 0.3 is 0 Å². The fourth-order valence-corrected chi connectivity index (χ4v) is 6.11. The van der Waals surface area contributed by atoms with Crippen LogP contribution in [0.5, 0.6) is 0 Å². The number of nitrogen functional groups attached to an aromatic ring is 1. The van der Waals surface area contributed by atoms with Crippen LogP contribution in [0.25, 0.3) is 0 Å². The largest absolute Gasteiger partial charge is 0.399 e. The Hall–Kier alpha value is -1.96. The van der Waals surface area contributed by atoms with Gasteiger partial charge in [0.1, 0.15) is 0 Å². The molecule has 2 heteroatoms. The Morgan fingerprint density at radius 1 is 0.781 bits per heavy atom. The van der Waals surface area contributed by atoms with E-state index in [1.165, 1.54) is 94.7 Å². The fraction of sp³-hybridized carbons (Fsp3) is 0.600. The zero-order chi connectivity index (χ0) is 22.2. The maximum Gasteiger partial charge on any atom is 0.0400 e. The second-order valence-electron chi connectivity index (χ2n) is 10.5. The smallest absolute Gasteiger partial charge is 0.0400 e. The Balaban J connectivity index is 1.46. The van der Waals surface area contributed by atoms with E-state index in [0.29, 0.717) is 0 Å². The molecule has 0 aliphatic heterocycles. The van der Waals surface area contributed by atoms with Gasteiger partial charge in [-0.3, -0.25) is 0 Å². The average molecular weight is 433 g/mol. The summed E-state index contributed by atoms with van der Waals surface area (Å²) in [4.78, 5) is 0. The van der Waals surface area contributed by atoms with Crippen molar-refractivity contribution in [3.8, 4) is 0 Å². The van der Waals surface area contributed by atoms with Crippen LogP contribution >= 0.6 is 0 Å². The summed E-state index contributed by atoms with van der Waals surface area (Å²) < 4.78 is 0. The standard InChI is InChI=1S/C30H44N2/c1-2-3-5-8-23-11-15-26(16-12-23)30-21-28(32-22-24-13-17-27(31)18-14-24)19-20-29(30)25-9-6-4-7-10-25/h13-14,17-21,23,25-26,32H,2-12,15-16,22,31H2,1H3. The van der Waals surface area contributed by atoms with Crippen LogP contribution in [-0.2, 0) is 6.54 Å². The Morgan fingerprint density at radius 2 is 1.50 bits per heavy atom. The summed E-state index contributed by atoms with van der Waals surface area (Å²) in [5.74, 6) is 2.52. The highest BCUT2D eigenvalue weighted by atomic mass is 14.9. The summed E-state index contributed by atoms with van der Waals surface area (Å²) in [5, 5.41) is 3.69. The number of rotatable bonds is 9. The third kappa shape index (κ3) is 6.30. The van der Waals surface area contributed by atoms with Gasteiger partial charge in [-0.15, -0.1) is 0 Å². The van der Waals surface area contributed by atoms with Crippen molar-refractivity contribution in [2.24, 2.45) is 5.92 Å². The van der Waals surface area contributed by atoms with Crippen LogP contribution in [0.15, 0.2) is 42.5 Å². The summed E-state index contributed by atoms with van der Waals surface area (Å²) in [7, 11) is 0. The van der Waals surface area contributed by atoms with Crippen LogP contribution in [0.4, 0.5) is 11.4 Å². The number of nitrogens with two attached hydrogens (primary N) is 1. The zero-order valence-electron chi connectivity index (χ0n) is 20.3. The number of anilines is 2. The molecule has 2 aliphatic rings. The molecule has 0 heterocycles. The predicted octanol–water partition coefficient (Wildman–Crippen LogP) is 8.78. The Bertz CT molecular complexity index is 811. The van der Waals surface area contributed by atoms with Crippen molar-refractivity contribution < 1.29 is 0 Å². The van der Waals surface area contributed by atoms with Gasteiger partial charge < -0.3 is 11.1 Å². The molecular weight excluding hydrogens is 388 g/mol. The Morgan fingerprint density at radius 3 is 2.22 bits per heavy atom. The van der Waals surface area contributed by atoms with E-state index < -0.39 is 0 Å². The van der Waals surface area contributed by atoms with Crippen LogP contribution in [0.1, 0.15) is 119 Å². The molecule has 2 aromatic rings. The predicted molar refractivity (Wildman–Crippen MR) is 139 cm³/mol. The lowest BCUT2D eigenvalue weighted by atomic mass is 9.73. The van der Waals surface area contributed by atoms with Crippen molar-refractivity contribution in [1.29, 1.82) is 0 Å². The van der Waals surface area contributed by atoms with Crippen molar-refractivity contribution in [2.75, 3.05) is 11.1 Å². The number of unbranched alkanes of at least 4 members (excludes halogenated alkanes) is 2. The highest BCUT2D eigenvalue weighted by Gasteiger charge is 2.27. The van der Waals surface area contributed by atoms with Crippen molar-refractivity contribution in [3.63, 3.8) is 0 Å². The van der Waals surface area contributed by atoms with Gasteiger partial charge in [-0.2, -0.15) is 0 Å². The molecule has 3 N–H and O–H groups in total. The van der Waals surface area contributed by atoms with Crippen molar-refractivity contribution in [3.05, 3.63) is 59.2 Å². The molecule has 4 rings (SSSR count). The Kier molecular flexibility index (Phi) is 8.54. The van der Waals surface area contributed by atoms with Gasteiger partial charge in [-0.1, -0.05) is 70.1 Å². The highest BCUT2D eigenvalue weighted by Crippen LogP contribution is 2.44. The minimum absolute atomic E-state index is 0.757. The zero-order valence-corrected chi connectivity index (χ0v) is 20.3. The van der Waals surface area contributed by atoms with Crippen LogP contribution in [-0.4, -0.2) is 0 Å². The number of benzene rings is 2. The second-order valence-corrected chi connectivity index (χ2v) is 10.5. The summed E-state index contributed by atoms with van der Waals surface area (Å²) in [6, 6.07) is 15.6. The summed E-state index contributed by atoms with van der Waals surface area (Å²) in [5.41, 5.74) is 12.6. The molecule has 2 nitrogen and oxygen atoms in total. The molecule has 0 spiro atoms. The molecule has 0 bridgehead atoms. The lowest BCUT2D eigenvalue weighted by molar-refractivity contribution is 0.301. The molecule has 0 aromatic heterocycles. The normalized spacial score (nSPS) is 22.0. The summed E-state index contributed by atoms with van der Waals surface area (Å²) in [6.45, 7) is 3.17.